The van der Waals surface area contributed by atoms with E-state index in [0.29, 0.717) is 60.9 Å². The molecule has 5 rings (SSSR count). The van der Waals surface area contributed by atoms with Crippen molar-refractivity contribution < 1.29 is 23.9 Å². The third-order valence-corrected chi connectivity index (χ3v) is 8.65. The predicted octanol–water partition coefficient (Wildman–Crippen LogP) is 4.24. The van der Waals surface area contributed by atoms with Gasteiger partial charge < -0.3 is 35.6 Å². The van der Waals surface area contributed by atoms with Crippen LogP contribution in [0.3, 0.4) is 0 Å². The Morgan fingerprint density at radius 1 is 0.800 bits per heavy atom. The molecule has 3 amide bonds. The molecule has 0 spiro atoms. The number of amides is 3. The number of hydrogen-bond donors (Lipinski definition) is 3. The maximum atomic E-state index is 13.5. The lowest BCUT2D eigenvalue weighted by Gasteiger charge is -2.28. The van der Waals surface area contributed by atoms with Gasteiger partial charge in [-0.3, -0.25) is 14.4 Å². The van der Waals surface area contributed by atoms with Crippen LogP contribution in [-0.2, 0) is 11.2 Å². The number of benzene rings is 3. The van der Waals surface area contributed by atoms with E-state index in [4.69, 9.17) is 15.2 Å². The Balaban J connectivity index is 1.36. The number of rotatable bonds is 9. The van der Waals surface area contributed by atoms with Crippen LogP contribution < -0.4 is 30.7 Å². The Kier molecular flexibility index (Phi) is 10.6. The molecule has 10 nitrogen and oxygen atoms in total. The van der Waals surface area contributed by atoms with Gasteiger partial charge in [0.1, 0.15) is 0 Å². The molecule has 0 unspecified atom stereocenters. The van der Waals surface area contributed by atoms with E-state index in [2.05, 4.69) is 15.5 Å². The molecule has 45 heavy (non-hydrogen) atoms. The maximum Gasteiger partial charge on any atom is 0.255 e. The summed E-state index contributed by atoms with van der Waals surface area (Å²) in [5, 5.41) is 6.20. The van der Waals surface area contributed by atoms with Gasteiger partial charge in [0.05, 0.1) is 32.0 Å². The molecule has 3 aromatic carbocycles. The maximum absolute atomic E-state index is 13.5. The molecule has 1 saturated carbocycles. The van der Waals surface area contributed by atoms with E-state index in [9.17, 15) is 14.4 Å². The van der Waals surface area contributed by atoms with E-state index in [0.717, 1.165) is 43.4 Å². The molecule has 1 heterocycles. The molecule has 3 aromatic rings. The summed E-state index contributed by atoms with van der Waals surface area (Å²) in [6.45, 7) is 2.50. The molecule has 1 aliphatic heterocycles. The highest BCUT2D eigenvalue weighted by Gasteiger charge is 2.24. The summed E-state index contributed by atoms with van der Waals surface area (Å²) in [5.41, 5.74) is 9.22. The van der Waals surface area contributed by atoms with E-state index < -0.39 is 0 Å². The third-order valence-electron chi connectivity index (χ3n) is 8.65. The van der Waals surface area contributed by atoms with Gasteiger partial charge in [0.2, 0.25) is 5.91 Å². The molecule has 1 saturated heterocycles. The Morgan fingerprint density at radius 2 is 1.51 bits per heavy atom. The van der Waals surface area contributed by atoms with Gasteiger partial charge >= 0.3 is 0 Å². The average molecular weight is 614 g/mol. The van der Waals surface area contributed by atoms with Gasteiger partial charge in [0.15, 0.2) is 11.5 Å². The zero-order valence-corrected chi connectivity index (χ0v) is 26.1. The molecule has 4 N–H and O–H groups in total. The number of carbonyl (C=O) groups excluding carboxylic acids is 3. The van der Waals surface area contributed by atoms with Gasteiger partial charge in [-0.05, 0) is 74.1 Å². The van der Waals surface area contributed by atoms with Crippen LogP contribution in [0, 0.1) is 0 Å². The summed E-state index contributed by atoms with van der Waals surface area (Å²) in [5.74, 6) is 0.537. The normalized spacial score (nSPS) is 18.5. The van der Waals surface area contributed by atoms with Crippen molar-refractivity contribution in [1.82, 2.24) is 10.2 Å². The zero-order valence-electron chi connectivity index (χ0n) is 26.1. The quantitative estimate of drug-likeness (QED) is 0.330. The van der Waals surface area contributed by atoms with Gasteiger partial charge in [-0.25, -0.2) is 0 Å². The molecular weight excluding hydrogens is 570 g/mol. The SMILES string of the molecule is COc1ccc(C(=O)Nc2cc(C(=O)NC3CCC(N)CC3)ccc2N2CCCN(C(=O)Cc3ccccc3)CC2)cc1OC. The predicted molar refractivity (Wildman–Crippen MR) is 175 cm³/mol. The molecule has 1 aliphatic carbocycles. The Hall–Kier alpha value is -4.57. The fourth-order valence-corrected chi connectivity index (χ4v) is 6.05. The fraction of sp³-hybridized carbons (Fsp3) is 0.400. The van der Waals surface area contributed by atoms with Crippen LogP contribution in [0.4, 0.5) is 11.4 Å². The first-order valence-electron chi connectivity index (χ1n) is 15.6. The van der Waals surface area contributed by atoms with Gasteiger partial charge in [-0.2, -0.15) is 0 Å². The van der Waals surface area contributed by atoms with Crippen molar-refractivity contribution in [2.45, 2.75) is 50.6 Å². The fourth-order valence-electron chi connectivity index (χ4n) is 6.05. The summed E-state index contributed by atoms with van der Waals surface area (Å²) in [6, 6.07) is 20.4. The lowest BCUT2D eigenvalue weighted by molar-refractivity contribution is -0.130. The number of nitrogens with two attached hydrogens (primary N) is 1. The number of carbonyl (C=O) groups is 3. The van der Waals surface area contributed by atoms with Crippen LogP contribution in [0.1, 0.15) is 58.4 Å². The molecule has 238 valence electrons. The van der Waals surface area contributed by atoms with Gasteiger partial charge in [0, 0.05) is 49.4 Å². The van der Waals surface area contributed by atoms with Crippen molar-refractivity contribution in [2.75, 3.05) is 50.6 Å². The van der Waals surface area contributed by atoms with Crippen LogP contribution >= 0.6 is 0 Å². The second-order valence-corrected chi connectivity index (χ2v) is 11.7. The molecule has 10 heteroatoms. The number of nitrogens with zero attached hydrogens (tertiary/aromatic N) is 2. The topological polar surface area (TPSA) is 126 Å². The summed E-state index contributed by atoms with van der Waals surface area (Å²) >= 11 is 0. The van der Waals surface area contributed by atoms with Crippen LogP contribution in [0.2, 0.25) is 0 Å². The number of hydrogen-bond acceptors (Lipinski definition) is 7. The largest absolute Gasteiger partial charge is 0.493 e. The van der Waals surface area contributed by atoms with Crippen molar-refractivity contribution in [3.63, 3.8) is 0 Å². The first kappa shape index (κ1) is 31.8. The van der Waals surface area contributed by atoms with Gasteiger partial charge in [-0.15, -0.1) is 0 Å². The number of nitrogens with one attached hydrogen (secondary N) is 2. The lowest BCUT2D eigenvalue weighted by atomic mass is 9.91. The minimum Gasteiger partial charge on any atom is -0.493 e. The van der Waals surface area contributed by atoms with Crippen LogP contribution in [0.15, 0.2) is 66.7 Å². The van der Waals surface area contributed by atoms with Crippen molar-refractivity contribution in [3.05, 3.63) is 83.4 Å². The molecule has 0 bridgehead atoms. The number of methoxy groups -OCH3 is 2. The van der Waals surface area contributed by atoms with Gasteiger partial charge in [-0.1, -0.05) is 30.3 Å². The van der Waals surface area contributed by atoms with Crippen LogP contribution in [-0.4, -0.2) is 75.1 Å². The third kappa shape index (κ3) is 8.13. The number of ether oxygens (including phenoxy) is 2. The zero-order chi connectivity index (χ0) is 31.8. The lowest BCUT2D eigenvalue weighted by Crippen LogP contribution is -2.40. The second kappa shape index (κ2) is 14.9. The standard InChI is InChI=1S/C35H43N5O5/c1-44-31-16-10-26(23-32(31)45-2)35(43)38-29-22-25(34(42)37-28-13-11-27(36)12-14-28)9-15-30(29)39-17-6-18-40(20-19-39)33(41)21-24-7-4-3-5-8-24/h3-5,7-10,15-16,22-23,27-28H,6,11-14,17-21,36H2,1-2H3,(H,37,42)(H,38,43). The second-order valence-electron chi connectivity index (χ2n) is 11.7. The molecule has 2 fully saturated rings. The Labute approximate surface area is 264 Å². The summed E-state index contributed by atoms with van der Waals surface area (Å²) in [4.78, 5) is 44.1. The summed E-state index contributed by atoms with van der Waals surface area (Å²) in [7, 11) is 3.06. The van der Waals surface area contributed by atoms with E-state index in [1.54, 1.807) is 37.4 Å². The first-order chi connectivity index (χ1) is 21.8. The van der Waals surface area contributed by atoms with Crippen LogP contribution in [0.5, 0.6) is 11.5 Å². The monoisotopic (exact) mass is 613 g/mol. The van der Waals surface area contributed by atoms with Gasteiger partial charge in [0.25, 0.3) is 11.8 Å². The highest BCUT2D eigenvalue weighted by molar-refractivity contribution is 6.07. The van der Waals surface area contributed by atoms with E-state index in [-0.39, 0.29) is 29.8 Å². The number of anilines is 2. The molecule has 2 aliphatic rings. The molecule has 0 aromatic heterocycles. The Morgan fingerprint density at radius 3 is 2.24 bits per heavy atom. The van der Waals surface area contributed by atoms with Crippen molar-refractivity contribution in [3.8, 4) is 11.5 Å². The van der Waals surface area contributed by atoms with Crippen molar-refractivity contribution >= 4 is 29.1 Å². The minimum atomic E-state index is -0.342. The van der Waals surface area contributed by atoms with E-state index in [1.807, 2.05) is 41.3 Å². The van der Waals surface area contributed by atoms with Crippen molar-refractivity contribution in [1.29, 1.82) is 0 Å². The molecule has 0 radical (unpaired) electrons. The highest BCUT2D eigenvalue weighted by Crippen LogP contribution is 2.31. The first-order valence-corrected chi connectivity index (χ1v) is 15.6. The summed E-state index contributed by atoms with van der Waals surface area (Å²) in [6.07, 6.45) is 4.61. The summed E-state index contributed by atoms with van der Waals surface area (Å²) < 4.78 is 10.7. The van der Waals surface area contributed by atoms with Crippen LogP contribution in [0.25, 0.3) is 0 Å². The smallest absolute Gasteiger partial charge is 0.255 e. The minimum absolute atomic E-state index is 0.0757. The van der Waals surface area contributed by atoms with E-state index >= 15 is 0 Å². The molecule has 0 atom stereocenters. The average Bonchev–Trinajstić information content (AvgIpc) is 3.32. The van der Waals surface area contributed by atoms with Crippen molar-refractivity contribution in [2.24, 2.45) is 5.73 Å². The molecular formula is C35H43N5O5. The highest BCUT2D eigenvalue weighted by atomic mass is 16.5. The van der Waals surface area contributed by atoms with E-state index in [1.165, 1.54) is 7.11 Å². The Bertz CT molecular complexity index is 1490.